The predicted molar refractivity (Wildman–Crippen MR) is 90.6 cm³/mol. The van der Waals surface area contributed by atoms with Gasteiger partial charge in [0.25, 0.3) is 0 Å². The maximum atomic E-state index is 5.31. The van der Waals surface area contributed by atoms with Gasteiger partial charge in [-0.15, -0.1) is 0 Å². The smallest absolute Gasteiger partial charge is 0.152 e. The quantitative estimate of drug-likeness (QED) is 0.285. The highest BCUT2D eigenvalue weighted by Crippen LogP contribution is 2.39. The molecule has 0 saturated carbocycles. The fourth-order valence-corrected chi connectivity index (χ4v) is 3.91. The van der Waals surface area contributed by atoms with E-state index in [2.05, 4.69) is 15.8 Å². The molecule has 0 atom stereocenters. The Labute approximate surface area is 131 Å². The Hall–Kier alpha value is -0.450. The van der Waals surface area contributed by atoms with Crippen LogP contribution in [0.5, 0.6) is 0 Å². The number of hydrogen-bond donors (Lipinski definition) is 4. The van der Waals surface area contributed by atoms with Crippen molar-refractivity contribution in [1.29, 1.82) is 0 Å². The summed E-state index contributed by atoms with van der Waals surface area (Å²) in [6.45, 7) is 4.04. The molecule has 6 N–H and O–H groups in total. The minimum absolute atomic E-state index is 0.336. The highest BCUT2D eigenvalue weighted by Gasteiger charge is 2.28. The normalized spacial score (nSPS) is 10.9. The van der Waals surface area contributed by atoms with Gasteiger partial charge in [0.1, 0.15) is 4.32 Å². The van der Waals surface area contributed by atoms with Gasteiger partial charge in [-0.3, -0.25) is 4.98 Å². The molecule has 1 aromatic rings. The van der Waals surface area contributed by atoms with Crippen LogP contribution in [0.2, 0.25) is 0 Å². The van der Waals surface area contributed by atoms with E-state index in [-0.39, 0.29) is 4.75 Å². The zero-order valence-corrected chi connectivity index (χ0v) is 13.7. The van der Waals surface area contributed by atoms with E-state index in [1.165, 1.54) is 23.5 Å². The number of hydrazine groups is 2. The zero-order valence-electron chi connectivity index (χ0n) is 10.5. The first-order valence-electron chi connectivity index (χ1n) is 5.24. The Kier molecular flexibility index (Phi) is 6.43. The Bertz CT molecular complexity index is 477. The topological polar surface area (TPSA) is 89.0 Å². The molecule has 0 aromatic carbocycles. The lowest BCUT2D eigenvalue weighted by molar-refractivity contribution is 0.728. The summed E-state index contributed by atoms with van der Waals surface area (Å²) in [6.07, 6.45) is 1.74. The summed E-state index contributed by atoms with van der Waals surface area (Å²) >= 11 is 12.9. The molecule has 19 heavy (non-hydrogen) atoms. The van der Waals surface area contributed by atoms with E-state index in [1.807, 2.05) is 26.0 Å². The van der Waals surface area contributed by atoms with Crippen molar-refractivity contribution in [1.82, 2.24) is 15.8 Å². The maximum Gasteiger partial charge on any atom is 0.152 e. The Morgan fingerprint density at radius 1 is 1.26 bits per heavy atom. The van der Waals surface area contributed by atoms with Crippen molar-refractivity contribution in [2.45, 2.75) is 23.5 Å². The fourth-order valence-electron chi connectivity index (χ4n) is 1.36. The predicted octanol–water partition coefficient (Wildman–Crippen LogP) is 1.64. The number of aromatic nitrogens is 1. The maximum absolute atomic E-state index is 5.31. The van der Waals surface area contributed by atoms with Crippen LogP contribution in [0.1, 0.15) is 19.5 Å². The second-order valence-corrected chi connectivity index (χ2v) is 7.95. The lowest BCUT2D eigenvalue weighted by Crippen LogP contribution is -2.30. The van der Waals surface area contributed by atoms with Crippen molar-refractivity contribution in [3.8, 4) is 0 Å². The molecule has 0 unspecified atom stereocenters. The number of nitrogens with one attached hydrogen (secondary N) is 2. The highest BCUT2D eigenvalue weighted by molar-refractivity contribution is 8.24. The van der Waals surface area contributed by atoms with Crippen LogP contribution in [0.25, 0.3) is 0 Å². The standard InChI is InChI=1S/C10H15N5S4/c1-10(2,19-9(17)15-12)7-6(4-3-5-13-7)18-8(16)14-11/h3-5H,11-12H2,1-2H3,(H,14,16)(H,15,17). The van der Waals surface area contributed by atoms with Gasteiger partial charge in [0, 0.05) is 11.1 Å². The van der Waals surface area contributed by atoms with E-state index < -0.39 is 0 Å². The van der Waals surface area contributed by atoms with E-state index in [0.29, 0.717) is 8.64 Å². The molecule has 0 spiro atoms. The van der Waals surface area contributed by atoms with Crippen LogP contribution in [-0.4, -0.2) is 13.6 Å². The Morgan fingerprint density at radius 3 is 2.47 bits per heavy atom. The molecule has 0 bridgehead atoms. The monoisotopic (exact) mass is 333 g/mol. The SMILES string of the molecule is CC(C)(SC(=S)NN)c1ncccc1SC(=S)NN. The molecule has 5 nitrogen and oxygen atoms in total. The lowest BCUT2D eigenvalue weighted by Gasteiger charge is -2.25. The summed E-state index contributed by atoms with van der Waals surface area (Å²) in [7, 11) is 0. The molecule has 1 rings (SSSR count). The third-order valence-electron chi connectivity index (χ3n) is 2.13. The number of pyridine rings is 1. The van der Waals surface area contributed by atoms with Gasteiger partial charge >= 0.3 is 0 Å². The van der Waals surface area contributed by atoms with E-state index >= 15 is 0 Å². The minimum atomic E-state index is -0.336. The van der Waals surface area contributed by atoms with E-state index in [0.717, 1.165) is 10.6 Å². The zero-order chi connectivity index (χ0) is 14.5. The van der Waals surface area contributed by atoms with Crippen molar-refractivity contribution in [3.63, 3.8) is 0 Å². The van der Waals surface area contributed by atoms with Crippen LogP contribution in [0.15, 0.2) is 23.2 Å². The van der Waals surface area contributed by atoms with Crippen molar-refractivity contribution in [3.05, 3.63) is 24.0 Å². The summed E-state index contributed by atoms with van der Waals surface area (Å²) < 4.78 is 0.651. The average molecular weight is 334 g/mol. The van der Waals surface area contributed by atoms with Gasteiger partial charge in [-0.05, 0) is 26.0 Å². The van der Waals surface area contributed by atoms with Crippen LogP contribution < -0.4 is 22.5 Å². The van der Waals surface area contributed by atoms with Gasteiger partial charge in [-0.1, -0.05) is 48.0 Å². The summed E-state index contributed by atoms with van der Waals surface area (Å²) in [5, 5.41) is 0. The van der Waals surface area contributed by atoms with Gasteiger partial charge in [0.2, 0.25) is 0 Å². The van der Waals surface area contributed by atoms with Crippen LogP contribution >= 0.6 is 48.0 Å². The van der Waals surface area contributed by atoms with Gasteiger partial charge in [-0.2, -0.15) is 0 Å². The highest BCUT2D eigenvalue weighted by atomic mass is 32.2. The molecule has 0 aliphatic carbocycles. The molecule has 9 heteroatoms. The summed E-state index contributed by atoms with van der Waals surface area (Å²) in [4.78, 5) is 5.36. The molecular weight excluding hydrogens is 318 g/mol. The van der Waals surface area contributed by atoms with Crippen molar-refractivity contribution < 1.29 is 0 Å². The van der Waals surface area contributed by atoms with Crippen LogP contribution in [-0.2, 0) is 4.75 Å². The summed E-state index contributed by atoms with van der Waals surface area (Å²) in [5.41, 5.74) is 5.78. The van der Waals surface area contributed by atoms with E-state index in [9.17, 15) is 0 Å². The lowest BCUT2D eigenvalue weighted by atomic mass is 10.1. The van der Waals surface area contributed by atoms with Crippen LogP contribution in [0, 0.1) is 0 Å². The molecule has 1 heterocycles. The summed E-state index contributed by atoms with van der Waals surface area (Å²) in [5.74, 6) is 10.6. The number of nitrogens with two attached hydrogens (primary N) is 2. The second kappa shape index (κ2) is 7.36. The second-order valence-electron chi connectivity index (χ2n) is 3.93. The Morgan fingerprint density at radius 2 is 1.89 bits per heavy atom. The molecule has 0 amide bonds. The molecule has 0 saturated heterocycles. The van der Waals surface area contributed by atoms with Gasteiger partial charge in [-0.25, -0.2) is 11.7 Å². The van der Waals surface area contributed by atoms with Gasteiger partial charge < -0.3 is 10.9 Å². The largest absolute Gasteiger partial charge is 0.309 e. The first-order valence-corrected chi connectivity index (χ1v) is 7.69. The average Bonchev–Trinajstić information content (AvgIpc) is 2.38. The van der Waals surface area contributed by atoms with E-state index in [1.54, 1.807) is 6.20 Å². The fraction of sp³-hybridized carbons (Fsp3) is 0.300. The molecule has 0 aliphatic rings. The van der Waals surface area contributed by atoms with Gasteiger partial charge in [0.15, 0.2) is 4.32 Å². The van der Waals surface area contributed by atoms with Crippen LogP contribution in [0.3, 0.4) is 0 Å². The molecule has 1 aromatic heterocycles. The molecule has 0 radical (unpaired) electrons. The number of hydrogen-bond acceptors (Lipinski definition) is 7. The first kappa shape index (κ1) is 16.6. The number of thioether (sulfide) groups is 2. The number of thiocarbonyl (C=S) groups is 2. The van der Waals surface area contributed by atoms with E-state index in [4.69, 9.17) is 36.1 Å². The van der Waals surface area contributed by atoms with Gasteiger partial charge in [0.05, 0.1) is 10.4 Å². The first-order chi connectivity index (χ1) is 8.90. The van der Waals surface area contributed by atoms with Crippen molar-refractivity contribution in [2.75, 3.05) is 0 Å². The number of nitrogens with zero attached hydrogens (tertiary/aromatic N) is 1. The number of rotatable bonds is 3. The van der Waals surface area contributed by atoms with Crippen LogP contribution in [0.4, 0.5) is 0 Å². The third kappa shape index (κ3) is 4.86. The molecular formula is C10H15N5S4. The third-order valence-corrected chi connectivity index (χ3v) is 4.72. The molecule has 104 valence electrons. The van der Waals surface area contributed by atoms with Crippen molar-refractivity contribution >= 4 is 56.6 Å². The summed E-state index contributed by atoms with van der Waals surface area (Å²) in [6, 6.07) is 3.79. The molecule has 0 fully saturated rings. The Balaban J connectivity index is 3.04. The van der Waals surface area contributed by atoms with Crippen molar-refractivity contribution in [2.24, 2.45) is 11.7 Å². The minimum Gasteiger partial charge on any atom is -0.309 e. The molecule has 0 aliphatic heterocycles.